The second kappa shape index (κ2) is 14.5. The van der Waals surface area contributed by atoms with E-state index < -0.39 is 14.1 Å². The third-order valence-corrected chi connectivity index (χ3v) is 18.1. The zero-order valence-electron chi connectivity index (χ0n) is 19.8. The lowest BCUT2D eigenvalue weighted by Crippen LogP contribution is -2.28. The Morgan fingerprint density at radius 3 is 0.483 bits per heavy atom. The number of hydrogen-bond acceptors (Lipinski definition) is 2. The Hall–Kier alpha value is 0.460. The van der Waals surface area contributed by atoms with Crippen molar-refractivity contribution in [2.24, 2.45) is 9.49 Å². The van der Waals surface area contributed by atoms with Crippen LogP contribution in [-0.2, 0) is 0 Å². The van der Waals surface area contributed by atoms with Crippen LogP contribution in [0.15, 0.2) is 9.49 Å². The van der Waals surface area contributed by atoms with E-state index in [9.17, 15) is 0 Å². The lowest BCUT2D eigenvalue weighted by Gasteiger charge is -2.43. The Morgan fingerprint density at radius 2 is 0.483 bits per heavy atom. The molecule has 0 aromatic rings. The molecule has 0 N–H and O–H groups in total. The first-order chi connectivity index (χ1) is 10.1. The third kappa shape index (κ3) is 11.1. The summed E-state index contributed by atoms with van der Waals surface area (Å²) < 4.78 is 9.35. The maximum Gasteiger partial charge on any atom is 0.0262 e. The molecule has 0 fully saturated rings. The predicted molar refractivity (Wildman–Crippen MR) is 155 cm³/mol. The fourth-order valence-corrected chi connectivity index (χ4v) is 9.64. The van der Waals surface area contributed by atoms with Gasteiger partial charge in [0.15, 0.2) is 0 Å². The molecule has 0 saturated carbocycles. The molecule has 0 saturated heterocycles. The zero-order chi connectivity index (χ0) is 20.4. The van der Waals surface area contributed by atoms with E-state index in [0.717, 1.165) is 0 Å². The van der Waals surface area contributed by atoms with E-state index in [2.05, 4.69) is 106 Å². The fraction of sp³-hybridized carbons (Fsp3) is 1.00. The van der Waals surface area contributed by atoms with Crippen LogP contribution in [0.2, 0.25) is 0 Å². The van der Waals surface area contributed by atoms with Gasteiger partial charge < -0.3 is 9.49 Å². The standard InChI is InChI=1S/2C10H24NP.5CH4/c2*1-9(2,3)12(8,11-7)10(4,5)6;;;;;/h2*1-8H3;5*1H4. The van der Waals surface area contributed by atoms with Crippen LogP contribution in [0.4, 0.5) is 0 Å². The van der Waals surface area contributed by atoms with E-state index >= 15 is 0 Å². The van der Waals surface area contributed by atoms with Crippen LogP contribution in [0.1, 0.15) is 120 Å². The summed E-state index contributed by atoms with van der Waals surface area (Å²) >= 11 is 0. The van der Waals surface area contributed by atoms with Crippen molar-refractivity contribution in [2.75, 3.05) is 27.4 Å². The van der Waals surface area contributed by atoms with Gasteiger partial charge >= 0.3 is 0 Å². The average molecular weight is 459 g/mol. The molecule has 0 bridgehead atoms. The summed E-state index contributed by atoms with van der Waals surface area (Å²) in [5, 5.41) is 1.33. The Balaban J connectivity index is -0.0000000569. The Bertz CT molecular complexity index is 419. The fourth-order valence-electron chi connectivity index (χ4n) is 3.21. The molecule has 29 heavy (non-hydrogen) atoms. The molecular weight excluding hydrogens is 390 g/mol. The summed E-state index contributed by atoms with van der Waals surface area (Å²) in [5.41, 5.74) is 0. The maximum absolute atomic E-state index is 4.67. The van der Waals surface area contributed by atoms with E-state index in [1.54, 1.807) is 0 Å². The topological polar surface area (TPSA) is 24.7 Å². The van der Waals surface area contributed by atoms with Gasteiger partial charge in [0.2, 0.25) is 0 Å². The van der Waals surface area contributed by atoms with Crippen molar-refractivity contribution in [2.45, 2.75) is 141 Å². The molecule has 0 heterocycles. The molecule has 0 amide bonds. The molecule has 0 spiro atoms. The van der Waals surface area contributed by atoms with E-state index in [-0.39, 0.29) is 37.1 Å². The van der Waals surface area contributed by atoms with Crippen LogP contribution < -0.4 is 0 Å². The van der Waals surface area contributed by atoms with Crippen molar-refractivity contribution in [1.82, 2.24) is 0 Å². The summed E-state index contributed by atoms with van der Waals surface area (Å²) in [6.45, 7) is 32.4. The monoisotopic (exact) mass is 458 g/mol. The quantitative estimate of drug-likeness (QED) is 0.322. The molecule has 0 rings (SSSR count). The predicted octanol–water partition coefficient (Wildman–Crippen LogP) is 11.3. The van der Waals surface area contributed by atoms with Crippen LogP contribution in [0.3, 0.4) is 0 Å². The van der Waals surface area contributed by atoms with Crippen molar-refractivity contribution >= 4 is 14.1 Å². The van der Waals surface area contributed by atoms with Gasteiger partial charge in [-0.2, -0.15) is 0 Å². The van der Waals surface area contributed by atoms with E-state index in [1.165, 1.54) is 0 Å². The maximum atomic E-state index is 4.67. The third-order valence-electron chi connectivity index (χ3n) is 6.02. The minimum absolute atomic E-state index is 0. The second-order valence-corrected chi connectivity index (χ2v) is 21.0. The van der Waals surface area contributed by atoms with Crippen LogP contribution in [-0.4, -0.2) is 48.0 Å². The molecule has 0 unspecified atom stereocenters. The molecule has 0 radical (unpaired) electrons. The summed E-state index contributed by atoms with van der Waals surface area (Å²) in [4.78, 5) is 0. The number of nitrogens with zero attached hydrogens (tertiary/aromatic N) is 2. The average Bonchev–Trinajstić information content (AvgIpc) is 2.31. The van der Waals surface area contributed by atoms with Gasteiger partial charge in [-0.05, 0) is 48.1 Å². The number of hydrogen-bond donors (Lipinski definition) is 0. The van der Waals surface area contributed by atoms with Gasteiger partial charge in [-0.15, -0.1) is 0 Å². The molecule has 0 aliphatic rings. The minimum atomic E-state index is -1.19. The minimum Gasteiger partial charge on any atom is -0.306 e. The lowest BCUT2D eigenvalue weighted by atomic mass is 10.2. The highest BCUT2D eigenvalue weighted by Gasteiger charge is 2.39. The Kier molecular flexibility index (Phi) is 23.7. The molecule has 188 valence electrons. The summed E-state index contributed by atoms with van der Waals surface area (Å²) in [6, 6.07) is 0. The van der Waals surface area contributed by atoms with Crippen molar-refractivity contribution in [3.63, 3.8) is 0 Å². The smallest absolute Gasteiger partial charge is 0.0262 e. The highest BCUT2D eigenvalue weighted by atomic mass is 31.2. The first-order valence-corrected chi connectivity index (χ1v) is 13.5. The highest BCUT2D eigenvalue weighted by molar-refractivity contribution is 7.68. The van der Waals surface area contributed by atoms with Gasteiger partial charge in [-0.1, -0.05) is 120 Å². The largest absolute Gasteiger partial charge is 0.306 e. The molecule has 4 heteroatoms. The molecule has 0 aromatic carbocycles. The van der Waals surface area contributed by atoms with Crippen molar-refractivity contribution in [3.05, 3.63) is 0 Å². The van der Waals surface area contributed by atoms with Crippen LogP contribution in [0, 0.1) is 0 Å². The summed E-state index contributed by atoms with van der Waals surface area (Å²) in [5.74, 6) is 0. The molecule has 0 aliphatic heterocycles. The summed E-state index contributed by atoms with van der Waals surface area (Å²) in [6.07, 6.45) is 0. The highest BCUT2D eigenvalue weighted by Crippen LogP contribution is 2.67. The first-order valence-electron chi connectivity index (χ1n) is 9.08. The number of rotatable bonds is 0. The van der Waals surface area contributed by atoms with Crippen LogP contribution in [0.5, 0.6) is 0 Å². The SMILES string of the molecule is C.C.C.C.C.CN=P(C)(C(C)(C)C)C(C)(C)C.CN=P(C)(C(C)(C)C)C(C)(C)C. The Morgan fingerprint density at radius 1 is 0.379 bits per heavy atom. The lowest BCUT2D eigenvalue weighted by molar-refractivity contribution is 0.697. The molecule has 0 aromatic heterocycles. The second-order valence-electron chi connectivity index (χ2n) is 11.0. The van der Waals surface area contributed by atoms with E-state index in [4.69, 9.17) is 0 Å². The van der Waals surface area contributed by atoms with Gasteiger partial charge in [-0.25, -0.2) is 0 Å². The van der Waals surface area contributed by atoms with Gasteiger partial charge in [0.05, 0.1) is 0 Å². The van der Waals surface area contributed by atoms with E-state index in [1.807, 2.05) is 14.1 Å². The summed E-state index contributed by atoms with van der Waals surface area (Å²) in [7, 11) is 1.57. The van der Waals surface area contributed by atoms with E-state index in [0.29, 0.717) is 20.6 Å². The Labute approximate surface area is 192 Å². The molecular formula is C25H68N2P2. The van der Waals surface area contributed by atoms with Crippen LogP contribution in [0.25, 0.3) is 0 Å². The van der Waals surface area contributed by atoms with Gasteiger partial charge in [-0.3, -0.25) is 0 Å². The van der Waals surface area contributed by atoms with Gasteiger partial charge in [0, 0.05) is 14.1 Å². The zero-order valence-corrected chi connectivity index (χ0v) is 21.6. The van der Waals surface area contributed by atoms with Crippen LogP contribution >= 0.6 is 14.1 Å². The molecule has 2 nitrogen and oxygen atoms in total. The van der Waals surface area contributed by atoms with Gasteiger partial charge in [0.25, 0.3) is 0 Å². The van der Waals surface area contributed by atoms with Crippen molar-refractivity contribution < 1.29 is 0 Å². The van der Waals surface area contributed by atoms with Crippen molar-refractivity contribution in [1.29, 1.82) is 0 Å². The van der Waals surface area contributed by atoms with Crippen molar-refractivity contribution in [3.8, 4) is 0 Å². The first kappa shape index (κ1) is 47.3. The normalized spacial score (nSPS) is 12.1. The molecule has 0 aliphatic carbocycles. The molecule has 0 atom stereocenters. The van der Waals surface area contributed by atoms with Gasteiger partial charge in [0.1, 0.15) is 0 Å².